The molecule has 2 N–H and O–H groups in total. The van der Waals surface area contributed by atoms with Gasteiger partial charge in [0, 0.05) is 25.3 Å². The third kappa shape index (κ3) is 8.48. The standard InChI is InChI=1S/C11H25NO2/c1-11(2,3)12-10(9-14-4)7-5-6-8-13/h10,12-13H,5-9H2,1-4H3. The number of aliphatic hydroxyl groups excluding tert-OH is 1. The van der Waals surface area contributed by atoms with Crippen LogP contribution in [0.4, 0.5) is 0 Å². The molecule has 3 nitrogen and oxygen atoms in total. The molecule has 0 aliphatic rings. The van der Waals surface area contributed by atoms with Crippen molar-refractivity contribution in [2.24, 2.45) is 0 Å². The summed E-state index contributed by atoms with van der Waals surface area (Å²) in [6, 6.07) is 0.395. The van der Waals surface area contributed by atoms with Crippen molar-refractivity contribution in [3.05, 3.63) is 0 Å². The van der Waals surface area contributed by atoms with Gasteiger partial charge in [0.15, 0.2) is 0 Å². The molecule has 0 aromatic rings. The Labute approximate surface area is 87.8 Å². The summed E-state index contributed by atoms with van der Waals surface area (Å²) in [6.07, 6.45) is 2.99. The van der Waals surface area contributed by atoms with Crippen LogP contribution in [-0.2, 0) is 4.74 Å². The molecule has 14 heavy (non-hydrogen) atoms. The maximum absolute atomic E-state index is 8.69. The summed E-state index contributed by atoms with van der Waals surface area (Å²) in [5.41, 5.74) is 0.127. The Morgan fingerprint density at radius 3 is 2.36 bits per heavy atom. The molecule has 86 valence electrons. The second-order valence-electron chi connectivity index (χ2n) is 4.77. The number of nitrogens with one attached hydrogen (secondary N) is 1. The van der Waals surface area contributed by atoms with Gasteiger partial charge in [-0.15, -0.1) is 0 Å². The van der Waals surface area contributed by atoms with Gasteiger partial charge < -0.3 is 15.2 Å². The van der Waals surface area contributed by atoms with Crippen molar-refractivity contribution in [2.45, 2.75) is 51.6 Å². The first-order valence-corrected chi connectivity index (χ1v) is 5.37. The van der Waals surface area contributed by atoms with Crippen LogP contribution in [0, 0.1) is 0 Å². The minimum atomic E-state index is 0.127. The Bertz CT molecular complexity index is 132. The van der Waals surface area contributed by atoms with Gasteiger partial charge in [-0.3, -0.25) is 0 Å². The fourth-order valence-corrected chi connectivity index (χ4v) is 1.51. The van der Waals surface area contributed by atoms with Gasteiger partial charge in [-0.25, -0.2) is 0 Å². The van der Waals surface area contributed by atoms with E-state index in [9.17, 15) is 0 Å². The zero-order chi connectivity index (χ0) is 11.0. The van der Waals surface area contributed by atoms with E-state index in [0.29, 0.717) is 6.04 Å². The molecule has 0 aromatic heterocycles. The molecule has 0 amide bonds. The molecular weight excluding hydrogens is 178 g/mol. The van der Waals surface area contributed by atoms with E-state index in [0.717, 1.165) is 25.9 Å². The van der Waals surface area contributed by atoms with Crippen LogP contribution in [0.25, 0.3) is 0 Å². The number of methoxy groups -OCH3 is 1. The zero-order valence-corrected chi connectivity index (χ0v) is 9.97. The smallest absolute Gasteiger partial charge is 0.0616 e. The second-order valence-corrected chi connectivity index (χ2v) is 4.77. The highest BCUT2D eigenvalue weighted by Crippen LogP contribution is 2.07. The Hall–Kier alpha value is -0.120. The average molecular weight is 203 g/mol. The van der Waals surface area contributed by atoms with Crippen LogP contribution in [0.3, 0.4) is 0 Å². The molecule has 0 radical (unpaired) electrons. The molecule has 0 saturated heterocycles. The minimum absolute atomic E-state index is 0.127. The number of hydrogen-bond donors (Lipinski definition) is 2. The van der Waals surface area contributed by atoms with Crippen LogP contribution in [0.1, 0.15) is 40.0 Å². The summed E-state index contributed by atoms with van der Waals surface area (Å²) >= 11 is 0. The fraction of sp³-hybridized carbons (Fsp3) is 1.00. The number of ether oxygens (including phenoxy) is 1. The van der Waals surface area contributed by atoms with Crippen molar-refractivity contribution in [2.75, 3.05) is 20.3 Å². The van der Waals surface area contributed by atoms with Gasteiger partial charge in [-0.1, -0.05) is 0 Å². The van der Waals surface area contributed by atoms with Gasteiger partial charge in [0.25, 0.3) is 0 Å². The topological polar surface area (TPSA) is 41.5 Å². The molecule has 1 atom stereocenters. The summed E-state index contributed by atoms with van der Waals surface area (Å²) in [7, 11) is 1.73. The number of rotatable bonds is 7. The number of aliphatic hydroxyl groups is 1. The van der Waals surface area contributed by atoms with Crippen LogP contribution in [-0.4, -0.2) is 37.0 Å². The predicted molar refractivity (Wildman–Crippen MR) is 59.5 cm³/mol. The van der Waals surface area contributed by atoms with E-state index in [2.05, 4.69) is 26.1 Å². The highest BCUT2D eigenvalue weighted by molar-refractivity contribution is 4.77. The van der Waals surface area contributed by atoms with Crippen molar-refractivity contribution in [3.63, 3.8) is 0 Å². The first kappa shape index (κ1) is 13.9. The van der Waals surface area contributed by atoms with E-state index < -0.39 is 0 Å². The average Bonchev–Trinajstić information content (AvgIpc) is 2.02. The van der Waals surface area contributed by atoms with E-state index in [-0.39, 0.29) is 12.1 Å². The Kier molecular flexibility index (Phi) is 7.15. The molecule has 3 heteroatoms. The Balaban J connectivity index is 3.77. The summed E-state index contributed by atoms with van der Waals surface area (Å²) in [6.45, 7) is 7.49. The maximum Gasteiger partial charge on any atom is 0.0616 e. The van der Waals surface area contributed by atoms with E-state index in [1.807, 2.05) is 0 Å². The Morgan fingerprint density at radius 1 is 1.29 bits per heavy atom. The second kappa shape index (κ2) is 7.21. The van der Waals surface area contributed by atoms with Crippen LogP contribution in [0.15, 0.2) is 0 Å². The van der Waals surface area contributed by atoms with Gasteiger partial charge in [-0.05, 0) is 40.0 Å². The maximum atomic E-state index is 8.69. The third-order valence-corrected chi connectivity index (χ3v) is 1.97. The molecule has 0 heterocycles. The quantitative estimate of drug-likeness (QED) is 0.617. The number of unbranched alkanes of at least 4 members (excludes halogenated alkanes) is 1. The van der Waals surface area contributed by atoms with Crippen LogP contribution >= 0.6 is 0 Å². The first-order chi connectivity index (χ1) is 6.49. The lowest BCUT2D eigenvalue weighted by atomic mass is 10.0. The molecule has 0 rings (SSSR count). The summed E-state index contributed by atoms with van der Waals surface area (Å²) in [5.74, 6) is 0. The van der Waals surface area contributed by atoms with Crippen molar-refractivity contribution >= 4 is 0 Å². The molecule has 0 bridgehead atoms. The monoisotopic (exact) mass is 203 g/mol. The molecule has 0 fully saturated rings. The van der Waals surface area contributed by atoms with Crippen molar-refractivity contribution in [1.29, 1.82) is 0 Å². The van der Waals surface area contributed by atoms with E-state index in [1.165, 1.54) is 0 Å². The normalized spacial score (nSPS) is 14.4. The lowest BCUT2D eigenvalue weighted by Gasteiger charge is -2.28. The molecule has 0 aliphatic heterocycles. The largest absolute Gasteiger partial charge is 0.396 e. The number of hydrogen-bond acceptors (Lipinski definition) is 3. The summed E-state index contributed by atoms with van der Waals surface area (Å²) in [4.78, 5) is 0. The lowest BCUT2D eigenvalue weighted by Crippen LogP contribution is -2.45. The SMILES string of the molecule is COCC(CCCCO)NC(C)(C)C. The minimum Gasteiger partial charge on any atom is -0.396 e. The lowest BCUT2D eigenvalue weighted by molar-refractivity contribution is 0.145. The molecule has 0 aliphatic carbocycles. The van der Waals surface area contributed by atoms with Crippen molar-refractivity contribution < 1.29 is 9.84 Å². The predicted octanol–water partition coefficient (Wildman–Crippen LogP) is 1.55. The van der Waals surface area contributed by atoms with Gasteiger partial charge in [-0.2, -0.15) is 0 Å². The first-order valence-electron chi connectivity index (χ1n) is 5.37. The molecule has 0 saturated carbocycles. The molecule has 1 unspecified atom stereocenters. The van der Waals surface area contributed by atoms with E-state index in [1.54, 1.807) is 7.11 Å². The van der Waals surface area contributed by atoms with E-state index in [4.69, 9.17) is 9.84 Å². The molecule has 0 spiro atoms. The van der Waals surface area contributed by atoms with Gasteiger partial charge in [0.05, 0.1) is 6.61 Å². The Morgan fingerprint density at radius 2 is 1.93 bits per heavy atom. The summed E-state index contributed by atoms with van der Waals surface area (Å²) < 4.78 is 5.16. The van der Waals surface area contributed by atoms with Crippen LogP contribution in [0.2, 0.25) is 0 Å². The zero-order valence-electron chi connectivity index (χ0n) is 9.97. The highest BCUT2D eigenvalue weighted by Gasteiger charge is 2.16. The van der Waals surface area contributed by atoms with Crippen LogP contribution in [0.5, 0.6) is 0 Å². The van der Waals surface area contributed by atoms with Crippen LogP contribution < -0.4 is 5.32 Å². The van der Waals surface area contributed by atoms with Crippen molar-refractivity contribution in [1.82, 2.24) is 5.32 Å². The highest BCUT2D eigenvalue weighted by atomic mass is 16.5. The molecule has 0 aromatic carbocycles. The van der Waals surface area contributed by atoms with Gasteiger partial charge in [0.2, 0.25) is 0 Å². The van der Waals surface area contributed by atoms with Gasteiger partial charge >= 0.3 is 0 Å². The third-order valence-electron chi connectivity index (χ3n) is 1.97. The summed E-state index contributed by atoms with van der Waals surface area (Å²) in [5, 5.41) is 12.2. The van der Waals surface area contributed by atoms with E-state index >= 15 is 0 Å². The fourth-order valence-electron chi connectivity index (χ4n) is 1.51. The van der Waals surface area contributed by atoms with Gasteiger partial charge in [0.1, 0.15) is 0 Å². The molecular formula is C11H25NO2. The van der Waals surface area contributed by atoms with Crippen molar-refractivity contribution in [3.8, 4) is 0 Å².